The molecule has 110 valence electrons. The van der Waals surface area contributed by atoms with Crippen molar-refractivity contribution in [1.82, 2.24) is 4.90 Å². The molecular formula is C17H26N2O. The average Bonchev–Trinajstić information content (AvgIpc) is 2.50. The minimum Gasteiger partial charge on any atom is -0.342 e. The molecular weight excluding hydrogens is 248 g/mol. The number of nitrogens with two attached hydrogens (primary N) is 1. The fourth-order valence-electron chi connectivity index (χ4n) is 3.12. The number of benzene rings is 1. The van der Waals surface area contributed by atoms with Crippen LogP contribution in [-0.2, 0) is 11.2 Å². The second kappa shape index (κ2) is 7.44. The third kappa shape index (κ3) is 3.40. The summed E-state index contributed by atoms with van der Waals surface area (Å²) in [7, 11) is 0. The molecule has 3 nitrogen and oxygen atoms in total. The first kappa shape index (κ1) is 15.0. The number of amides is 1. The predicted octanol–water partition coefficient (Wildman–Crippen LogP) is 2.69. The van der Waals surface area contributed by atoms with Crippen molar-refractivity contribution in [3.63, 3.8) is 0 Å². The number of carbonyl (C=O) groups excluding carboxylic acids is 1. The fraction of sp³-hybridized carbons (Fsp3) is 0.588. The Morgan fingerprint density at radius 2 is 2.15 bits per heavy atom. The third-order valence-corrected chi connectivity index (χ3v) is 4.10. The molecule has 0 aliphatic heterocycles. The minimum absolute atomic E-state index is 0.0595. The van der Waals surface area contributed by atoms with Gasteiger partial charge in [-0.3, -0.25) is 4.79 Å². The molecule has 1 aliphatic carbocycles. The van der Waals surface area contributed by atoms with Gasteiger partial charge in [-0.05, 0) is 49.8 Å². The molecule has 0 fully saturated rings. The molecule has 1 aromatic carbocycles. The molecule has 1 atom stereocenters. The topological polar surface area (TPSA) is 46.3 Å². The van der Waals surface area contributed by atoms with Gasteiger partial charge >= 0.3 is 0 Å². The summed E-state index contributed by atoms with van der Waals surface area (Å²) in [4.78, 5) is 14.9. The zero-order valence-electron chi connectivity index (χ0n) is 12.5. The lowest BCUT2D eigenvalue weighted by Crippen LogP contribution is -2.38. The summed E-state index contributed by atoms with van der Waals surface area (Å²) >= 11 is 0. The molecule has 1 aromatic rings. The van der Waals surface area contributed by atoms with Crippen LogP contribution in [0.15, 0.2) is 24.3 Å². The molecule has 0 bridgehead atoms. The molecule has 0 saturated heterocycles. The van der Waals surface area contributed by atoms with Crippen LogP contribution >= 0.6 is 0 Å². The predicted molar refractivity (Wildman–Crippen MR) is 82.7 cm³/mol. The Labute approximate surface area is 122 Å². The molecule has 1 amide bonds. The van der Waals surface area contributed by atoms with Gasteiger partial charge in [-0.2, -0.15) is 0 Å². The van der Waals surface area contributed by atoms with Crippen LogP contribution in [0.3, 0.4) is 0 Å². The molecule has 3 heteroatoms. The normalized spacial score (nSPS) is 17.6. The molecule has 2 rings (SSSR count). The van der Waals surface area contributed by atoms with Gasteiger partial charge in [0, 0.05) is 13.1 Å². The van der Waals surface area contributed by atoms with Gasteiger partial charge in [0.15, 0.2) is 0 Å². The standard InChI is InChI=1S/C17H26N2O/c1-2-12-19(13-6-11-18)17(20)16-10-5-8-14-7-3-4-9-15(14)16/h3-4,7,9,16H,2,5-6,8,10-13,18H2,1H3. The Balaban J connectivity index is 2.15. The summed E-state index contributed by atoms with van der Waals surface area (Å²) in [6.45, 7) is 4.41. The number of nitrogens with zero attached hydrogens (tertiary/aromatic N) is 1. The van der Waals surface area contributed by atoms with Crippen LogP contribution in [-0.4, -0.2) is 30.4 Å². The zero-order valence-corrected chi connectivity index (χ0v) is 12.5. The lowest BCUT2D eigenvalue weighted by Gasteiger charge is -2.30. The summed E-state index contributed by atoms with van der Waals surface area (Å²) < 4.78 is 0. The Bertz CT molecular complexity index is 444. The van der Waals surface area contributed by atoms with Crippen LogP contribution in [0.25, 0.3) is 0 Å². The molecule has 20 heavy (non-hydrogen) atoms. The first-order valence-corrected chi connectivity index (χ1v) is 7.84. The van der Waals surface area contributed by atoms with Crippen LogP contribution in [0.1, 0.15) is 49.7 Å². The van der Waals surface area contributed by atoms with Crippen LogP contribution in [0.4, 0.5) is 0 Å². The van der Waals surface area contributed by atoms with Crippen molar-refractivity contribution in [2.24, 2.45) is 5.73 Å². The van der Waals surface area contributed by atoms with E-state index in [4.69, 9.17) is 5.73 Å². The van der Waals surface area contributed by atoms with Gasteiger partial charge in [0.05, 0.1) is 5.92 Å². The van der Waals surface area contributed by atoms with E-state index < -0.39 is 0 Å². The highest BCUT2D eigenvalue weighted by Gasteiger charge is 2.29. The number of hydrogen-bond acceptors (Lipinski definition) is 2. The SMILES string of the molecule is CCCN(CCCN)C(=O)C1CCCc2ccccc21. The van der Waals surface area contributed by atoms with Gasteiger partial charge in [-0.15, -0.1) is 0 Å². The second-order valence-corrected chi connectivity index (χ2v) is 5.61. The second-order valence-electron chi connectivity index (χ2n) is 5.61. The quantitative estimate of drug-likeness (QED) is 0.867. The van der Waals surface area contributed by atoms with Crippen LogP contribution in [0, 0.1) is 0 Å². The summed E-state index contributed by atoms with van der Waals surface area (Å²) in [5, 5.41) is 0. The Kier molecular flexibility index (Phi) is 5.60. The third-order valence-electron chi connectivity index (χ3n) is 4.10. The van der Waals surface area contributed by atoms with E-state index in [0.29, 0.717) is 12.5 Å². The average molecular weight is 274 g/mol. The molecule has 1 unspecified atom stereocenters. The monoisotopic (exact) mass is 274 g/mol. The Morgan fingerprint density at radius 3 is 2.90 bits per heavy atom. The van der Waals surface area contributed by atoms with E-state index >= 15 is 0 Å². The Hall–Kier alpha value is -1.35. The number of hydrogen-bond donors (Lipinski definition) is 1. The van der Waals surface area contributed by atoms with Crippen molar-refractivity contribution in [3.8, 4) is 0 Å². The summed E-state index contributed by atoms with van der Waals surface area (Å²) in [6, 6.07) is 8.42. The van der Waals surface area contributed by atoms with Gasteiger partial charge in [0.1, 0.15) is 0 Å². The largest absolute Gasteiger partial charge is 0.342 e. The number of rotatable bonds is 6. The maximum Gasteiger partial charge on any atom is 0.230 e. The summed E-state index contributed by atoms with van der Waals surface area (Å²) in [5.41, 5.74) is 8.19. The molecule has 0 aromatic heterocycles. The first-order chi connectivity index (χ1) is 9.77. The maximum absolute atomic E-state index is 12.8. The molecule has 1 aliphatic rings. The molecule has 0 heterocycles. The molecule has 0 radical (unpaired) electrons. The van der Waals surface area contributed by atoms with E-state index in [1.807, 2.05) is 4.90 Å². The lowest BCUT2D eigenvalue weighted by atomic mass is 9.82. The van der Waals surface area contributed by atoms with Crippen molar-refractivity contribution in [3.05, 3.63) is 35.4 Å². The fourth-order valence-corrected chi connectivity index (χ4v) is 3.12. The van der Waals surface area contributed by atoms with E-state index in [9.17, 15) is 4.79 Å². The zero-order chi connectivity index (χ0) is 14.4. The molecule has 0 spiro atoms. The van der Waals surface area contributed by atoms with E-state index in [2.05, 4.69) is 31.2 Å². The van der Waals surface area contributed by atoms with Crippen molar-refractivity contribution in [1.29, 1.82) is 0 Å². The number of fused-ring (bicyclic) bond motifs is 1. The maximum atomic E-state index is 12.8. The van der Waals surface area contributed by atoms with Gasteiger partial charge in [0.25, 0.3) is 0 Å². The van der Waals surface area contributed by atoms with Crippen molar-refractivity contribution < 1.29 is 4.79 Å². The van der Waals surface area contributed by atoms with Gasteiger partial charge < -0.3 is 10.6 Å². The van der Waals surface area contributed by atoms with Crippen LogP contribution in [0.2, 0.25) is 0 Å². The van der Waals surface area contributed by atoms with Crippen molar-refractivity contribution in [2.45, 2.75) is 44.9 Å². The number of carbonyl (C=O) groups is 1. The van der Waals surface area contributed by atoms with Gasteiger partial charge in [-0.1, -0.05) is 31.2 Å². The van der Waals surface area contributed by atoms with Crippen LogP contribution in [0.5, 0.6) is 0 Å². The van der Waals surface area contributed by atoms with E-state index in [1.165, 1.54) is 11.1 Å². The van der Waals surface area contributed by atoms with Crippen molar-refractivity contribution >= 4 is 5.91 Å². The lowest BCUT2D eigenvalue weighted by molar-refractivity contribution is -0.133. The van der Waals surface area contributed by atoms with E-state index in [1.54, 1.807) is 0 Å². The highest BCUT2D eigenvalue weighted by atomic mass is 16.2. The highest BCUT2D eigenvalue weighted by Crippen LogP contribution is 2.32. The summed E-state index contributed by atoms with van der Waals surface area (Å²) in [5.74, 6) is 0.358. The number of aryl methyl sites for hydroxylation is 1. The first-order valence-electron chi connectivity index (χ1n) is 7.84. The van der Waals surface area contributed by atoms with Gasteiger partial charge in [0.2, 0.25) is 5.91 Å². The Morgan fingerprint density at radius 1 is 1.35 bits per heavy atom. The molecule has 2 N–H and O–H groups in total. The molecule has 0 saturated carbocycles. The van der Waals surface area contributed by atoms with E-state index in [-0.39, 0.29) is 5.92 Å². The smallest absolute Gasteiger partial charge is 0.230 e. The van der Waals surface area contributed by atoms with Gasteiger partial charge in [-0.25, -0.2) is 0 Å². The van der Waals surface area contributed by atoms with Crippen molar-refractivity contribution in [2.75, 3.05) is 19.6 Å². The van der Waals surface area contributed by atoms with E-state index in [0.717, 1.165) is 45.2 Å². The van der Waals surface area contributed by atoms with Crippen LogP contribution < -0.4 is 5.73 Å². The highest BCUT2D eigenvalue weighted by molar-refractivity contribution is 5.84. The summed E-state index contributed by atoms with van der Waals surface area (Å²) in [6.07, 6.45) is 5.10. The minimum atomic E-state index is 0.0595.